The topological polar surface area (TPSA) is 58.3 Å². The molecular weight excluding hydrogens is 463 g/mol. The molecule has 2 aromatic heterocycles. The summed E-state index contributed by atoms with van der Waals surface area (Å²) in [6.45, 7) is 2.73. The van der Waals surface area contributed by atoms with E-state index in [2.05, 4.69) is 61.6 Å². The molecule has 1 unspecified atom stereocenters. The lowest BCUT2D eigenvalue weighted by molar-refractivity contribution is 0.486. The van der Waals surface area contributed by atoms with Crippen LogP contribution in [0.25, 0.3) is 5.82 Å². The van der Waals surface area contributed by atoms with E-state index in [1.54, 1.807) is 12.5 Å². The van der Waals surface area contributed by atoms with Crippen molar-refractivity contribution in [2.75, 3.05) is 20.1 Å². The molecule has 1 aliphatic heterocycles. The number of likely N-dealkylation sites (tertiary alicyclic amines) is 1. The summed E-state index contributed by atoms with van der Waals surface area (Å²) in [5.41, 5.74) is 2.54. The van der Waals surface area contributed by atoms with Gasteiger partial charge in [0.05, 0.1) is 0 Å². The number of rotatable bonds is 4. The number of pyridine rings is 1. The Morgan fingerprint density at radius 1 is 1.21 bits per heavy atom. The molecule has 146 valence electrons. The number of guanidine groups is 1. The minimum absolute atomic E-state index is 0. The van der Waals surface area contributed by atoms with Crippen LogP contribution >= 0.6 is 24.0 Å². The molecule has 1 saturated heterocycles. The zero-order valence-corrected chi connectivity index (χ0v) is 18.2. The summed E-state index contributed by atoms with van der Waals surface area (Å²) in [5.74, 6) is 2.39. The van der Waals surface area contributed by atoms with Crippen molar-refractivity contribution >= 4 is 29.9 Å². The van der Waals surface area contributed by atoms with E-state index in [9.17, 15) is 0 Å². The first-order valence-corrected chi connectivity index (χ1v) is 9.27. The van der Waals surface area contributed by atoms with Crippen LogP contribution in [-0.2, 0) is 6.54 Å². The molecule has 1 fully saturated rings. The van der Waals surface area contributed by atoms with Crippen molar-refractivity contribution in [2.45, 2.75) is 18.9 Å². The van der Waals surface area contributed by atoms with Crippen molar-refractivity contribution in [1.82, 2.24) is 24.8 Å². The van der Waals surface area contributed by atoms with Gasteiger partial charge in [0.1, 0.15) is 12.1 Å². The maximum Gasteiger partial charge on any atom is 0.193 e. The van der Waals surface area contributed by atoms with Crippen molar-refractivity contribution in [2.24, 2.45) is 4.99 Å². The second kappa shape index (κ2) is 9.68. The van der Waals surface area contributed by atoms with E-state index in [0.717, 1.165) is 36.9 Å². The second-order valence-corrected chi connectivity index (χ2v) is 6.74. The lowest BCUT2D eigenvalue weighted by atomic mass is 9.99. The van der Waals surface area contributed by atoms with Gasteiger partial charge in [-0.3, -0.25) is 9.56 Å². The van der Waals surface area contributed by atoms with Crippen molar-refractivity contribution < 1.29 is 0 Å². The van der Waals surface area contributed by atoms with Crippen LogP contribution in [0, 0.1) is 0 Å². The highest BCUT2D eigenvalue weighted by Gasteiger charge is 2.25. The number of hydrogen-bond donors (Lipinski definition) is 1. The molecule has 6 nitrogen and oxygen atoms in total. The fraction of sp³-hybridized carbons (Fsp3) is 0.286. The summed E-state index contributed by atoms with van der Waals surface area (Å²) >= 11 is 0. The smallest absolute Gasteiger partial charge is 0.193 e. The van der Waals surface area contributed by atoms with Crippen LogP contribution in [0.3, 0.4) is 0 Å². The SMILES string of the molecule is CN=C(NCc1ccc(-n2ccnc2)nc1)N1CCC(c2ccccc2)C1.I. The Bertz CT molecular complexity index is 877. The number of nitrogens with one attached hydrogen (secondary N) is 1. The molecule has 0 amide bonds. The van der Waals surface area contributed by atoms with Crippen LogP contribution in [0.5, 0.6) is 0 Å². The largest absolute Gasteiger partial charge is 0.352 e. The van der Waals surface area contributed by atoms with E-state index in [1.165, 1.54) is 5.56 Å². The summed E-state index contributed by atoms with van der Waals surface area (Å²) in [5, 5.41) is 3.47. The van der Waals surface area contributed by atoms with Crippen molar-refractivity contribution in [3.63, 3.8) is 0 Å². The molecule has 0 aliphatic carbocycles. The second-order valence-electron chi connectivity index (χ2n) is 6.74. The molecule has 7 heteroatoms. The molecular formula is C21H25IN6. The Hall–Kier alpha value is -2.42. The highest BCUT2D eigenvalue weighted by Crippen LogP contribution is 2.26. The van der Waals surface area contributed by atoms with E-state index >= 15 is 0 Å². The summed E-state index contributed by atoms with van der Waals surface area (Å²) in [6.07, 6.45) is 8.44. The molecule has 1 aliphatic rings. The third-order valence-electron chi connectivity index (χ3n) is 5.00. The van der Waals surface area contributed by atoms with Crippen molar-refractivity contribution in [3.05, 3.63) is 78.5 Å². The van der Waals surface area contributed by atoms with Gasteiger partial charge >= 0.3 is 0 Å². The summed E-state index contributed by atoms with van der Waals surface area (Å²) in [6, 6.07) is 14.8. The molecule has 28 heavy (non-hydrogen) atoms. The van der Waals surface area contributed by atoms with Gasteiger partial charge in [-0.2, -0.15) is 0 Å². The fourth-order valence-corrected chi connectivity index (χ4v) is 3.53. The first kappa shape index (κ1) is 20.3. The fourth-order valence-electron chi connectivity index (χ4n) is 3.53. The number of aliphatic imine (C=N–C) groups is 1. The van der Waals surface area contributed by atoms with Crippen LogP contribution in [0.4, 0.5) is 0 Å². The molecule has 1 N–H and O–H groups in total. The van der Waals surface area contributed by atoms with Gasteiger partial charge in [0.2, 0.25) is 0 Å². The van der Waals surface area contributed by atoms with E-state index < -0.39 is 0 Å². The average molecular weight is 488 g/mol. The first-order valence-electron chi connectivity index (χ1n) is 9.27. The molecule has 3 heterocycles. The Labute approximate surface area is 182 Å². The third kappa shape index (κ3) is 4.70. The zero-order chi connectivity index (χ0) is 18.5. The van der Waals surface area contributed by atoms with Gasteiger partial charge in [-0.05, 0) is 23.6 Å². The van der Waals surface area contributed by atoms with Gasteiger partial charge in [0, 0.05) is 51.2 Å². The van der Waals surface area contributed by atoms with Crippen LogP contribution in [0.15, 0.2) is 72.4 Å². The number of halogens is 1. The van der Waals surface area contributed by atoms with Gasteiger partial charge < -0.3 is 10.2 Å². The molecule has 0 saturated carbocycles. The Morgan fingerprint density at radius 2 is 2.07 bits per heavy atom. The average Bonchev–Trinajstić information content (AvgIpc) is 3.42. The Balaban J connectivity index is 0.00000225. The summed E-state index contributed by atoms with van der Waals surface area (Å²) in [7, 11) is 1.85. The Morgan fingerprint density at radius 3 is 2.75 bits per heavy atom. The van der Waals surface area contributed by atoms with E-state index in [4.69, 9.17) is 0 Å². The van der Waals surface area contributed by atoms with Crippen molar-refractivity contribution in [3.8, 4) is 5.82 Å². The molecule has 1 aromatic carbocycles. The number of benzene rings is 1. The van der Waals surface area contributed by atoms with Crippen LogP contribution in [0.2, 0.25) is 0 Å². The highest BCUT2D eigenvalue weighted by atomic mass is 127. The van der Waals surface area contributed by atoms with Crippen LogP contribution in [-0.4, -0.2) is 45.5 Å². The summed E-state index contributed by atoms with van der Waals surface area (Å²) in [4.78, 5) is 15.4. The van der Waals surface area contributed by atoms with Crippen LogP contribution in [0.1, 0.15) is 23.5 Å². The minimum Gasteiger partial charge on any atom is -0.352 e. The first-order chi connectivity index (χ1) is 13.3. The molecule has 3 aromatic rings. The quantitative estimate of drug-likeness (QED) is 0.347. The molecule has 0 spiro atoms. The van der Waals surface area contributed by atoms with Gasteiger partial charge in [-0.15, -0.1) is 24.0 Å². The molecule has 4 rings (SSSR count). The number of imidazole rings is 1. The van der Waals surface area contributed by atoms with E-state index in [-0.39, 0.29) is 24.0 Å². The molecule has 1 atom stereocenters. The van der Waals surface area contributed by atoms with E-state index in [1.807, 2.05) is 30.1 Å². The normalized spacial score (nSPS) is 16.7. The zero-order valence-electron chi connectivity index (χ0n) is 15.9. The number of hydrogen-bond acceptors (Lipinski definition) is 3. The molecule has 0 radical (unpaired) electrons. The van der Waals surface area contributed by atoms with Gasteiger partial charge in [-0.25, -0.2) is 9.97 Å². The number of nitrogens with zero attached hydrogens (tertiary/aromatic N) is 5. The predicted octanol–water partition coefficient (Wildman–Crippen LogP) is 3.45. The van der Waals surface area contributed by atoms with Gasteiger partial charge in [0.25, 0.3) is 0 Å². The predicted molar refractivity (Wildman–Crippen MR) is 122 cm³/mol. The summed E-state index contributed by atoms with van der Waals surface area (Å²) < 4.78 is 1.89. The number of aromatic nitrogens is 3. The standard InChI is InChI=1S/C21H24N6.HI/c1-22-21(26-11-9-19(15-26)18-5-3-2-4-6-18)25-14-17-7-8-20(24-13-17)27-12-10-23-16-27;/h2-8,10,12-13,16,19H,9,11,14-15H2,1H3,(H,22,25);1H. The maximum absolute atomic E-state index is 4.50. The lowest BCUT2D eigenvalue weighted by Gasteiger charge is -2.22. The third-order valence-corrected chi connectivity index (χ3v) is 5.00. The lowest BCUT2D eigenvalue weighted by Crippen LogP contribution is -2.39. The monoisotopic (exact) mass is 488 g/mol. The van der Waals surface area contributed by atoms with Gasteiger partial charge in [-0.1, -0.05) is 36.4 Å². The van der Waals surface area contributed by atoms with Crippen LogP contribution < -0.4 is 5.32 Å². The highest BCUT2D eigenvalue weighted by molar-refractivity contribution is 14.0. The Kier molecular flexibility index (Phi) is 7.02. The van der Waals surface area contributed by atoms with E-state index in [0.29, 0.717) is 12.5 Å². The van der Waals surface area contributed by atoms with Crippen molar-refractivity contribution in [1.29, 1.82) is 0 Å². The molecule has 0 bridgehead atoms. The minimum atomic E-state index is 0. The maximum atomic E-state index is 4.50. The van der Waals surface area contributed by atoms with Gasteiger partial charge in [0.15, 0.2) is 5.96 Å².